The second-order valence-electron chi connectivity index (χ2n) is 7.43. The molecule has 0 spiro atoms. The number of amides is 1. The highest BCUT2D eigenvalue weighted by molar-refractivity contribution is 5.87. The Morgan fingerprint density at radius 3 is 2.63 bits per heavy atom. The van der Waals surface area contributed by atoms with Crippen LogP contribution in [0.4, 0.5) is 5.95 Å². The summed E-state index contributed by atoms with van der Waals surface area (Å²) in [6.07, 6.45) is 6.26. The van der Waals surface area contributed by atoms with Crippen LogP contribution < -0.4 is 4.90 Å². The van der Waals surface area contributed by atoms with Crippen molar-refractivity contribution in [2.75, 3.05) is 31.1 Å². The minimum Gasteiger partial charge on any atom is -0.358 e. The Hall–Kier alpha value is -2.89. The molecule has 1 aliphatic carbocycles. The molecule has 1 N–H and O–H groups in total. The molecule has 0 saturated carbocycles. The Balaban J connectivity index is 1.27. The first-order chi connectivity index (χ1) is 13.3. The van der Waals surface area contributed by atoms with E-state index in [1.165, 1.54) is 22.2 Å². The fourth-order valence-electron chi connectivity index (χ4n) is 4.42. The quantitative estimate of drug-likeness (QED) is 0.761. The summed E-state index contributed by atoms with van der Waals surface area (Å²) in [5.74, 6) is 1.15. The topological polar surface area (TPSA) is 65.1 Å². The fourth-order valence-corrected chi connectivity index (χ4v) is 4.42. The molecule has 0 bridgehead atoms. The molecule has 2 aliphatic rings. The summed E-state index contributed by atoms with van der Waals surface area (Å²) in [5, 5.41) is 1.27. The Labute approximate surface area is 158 Å². The van der Waals surface area contributed by atoms with Crippen molar-refractivity contribution in [1.82, 2.24) is 19.9 Å². The molecule has 3 heterocycles. The number of aromatic amines is 1. The van der Waals surface area contributed by atoms with E-state index >= 15 is 0 Å². The number of anilines is 1. The third-order valence-electron chi connectivity index (χ3n) is 5.87. The van der Waals surface area contributed by atoms with Gasteiger partial charge >= 0.3 is 0 Å². The average Bonchev–Trinajstić information content (AvgIpc) is 3.12. The van der Waals surface area contributed by atoms with Gasteiger partial charge in [-0.1, -0.05) is 18.2 Å². The third kappa shape index (κ3) is 2.95. The van der Waals surface area contributed by atoms with E-state index in [-0.39, 0.29) is 5.92 Å². The molecule has 1 unspecified atom stereocenters. The van der Waals surface area contributed by atoms with Gasteiger partial charge in [0.1, 0.15) is 0 Å². The van der Waals surface area contributed by atoms with Gasteiger partial charge in [-0.25, -0.2) is 9.97 Å². The van der Waals surface area contributed by atoms with Crippen LogP contribution in [-0.2, 0) is 17.6 Å². The van der Waals surface area contributed by atoms with Gasteiger partial charge in [-0.3, -0.25) is 4.79 Å². The van der Waals surface area contributed by atoms with Crippen molar-refractivity contribution in [3.63, 3.8) is 0 Å². The Morgan fingerprint density at radius 2 is 1.81 bits per heavy atom. The summed E-state index contributed by atoms with van der Waals surface area (Å²) in [7, 11) is 0. The number of H-pyrrole nitrogens is 1. The van der Waals surface area contributed by atoms with Gasteiger partial charge in [0, 0.05) is 61.1 Å². The van der Waals surface area contributed by atoms with Crippen LogP contribution in [0.1, 0.15) is 17.7 Å². The Bertz CT molecular complexity index is 959. The van der Waals surface area contributed by atoms with Crippen LogP contribution >= 0.6 is 0 Å². The number of carbonyl (C=O) groups excluding carboxylic acids is 1. The van der Waals surface area contributed by atoms with Gasteiger partial charge in [-0.05, 0) is 37.0 Å². The number of piperazine rings is 1. The highest BCUT2D eigenvalue weighted by Gasteiger charge is 2.32. The van der Waals surface area contributed by atoms with Crippen LogP contribution in [-0.4, -0.2) is 51.9 Å². The first kappa shape index (κ1) is 16.3. The SMILES string of the molecule is O=C(C1CCc2[nH]c3ccccc3c2C1)N1CCN(c2ncccn2)CC1. The minimum atomic E-state index is 0.0937. The maximum absolute atomic E-state index is 13.1. The number of fused-ring (bicyclic) bond motifs is 3. The van der Waals surface area contributed by atoms with Gasteiger partial charge in [0.25, 0.3) is 0 Å². The van der Waals surface area contributed by atoms with Gasteiger partial charge < -0.3 is 14.8 Å². The zero-order valence-electron chi connectivity index (χ0n) is 15.3. The lowest BCUT2D eigenvalue weighted by Crippen LogP contribution is -2.51. The molecule has 1 aromatic carbocycles. The van der Waals surface area contributed by atoms with E-state index in [1.807, 2.05) is 11.0 Å². The smallest absolute Gasteiger partial charge is 0.226 e. The summed E-state index contributed by atoms with van der Waals surface area (Å²) in [4.78, 5) is 29.5. The first-order valence-electron chi connectivity index (χ1n) is 9.69. The van der Waals surface area contributed by atoms with Gasteiger partial charge in [0.05, 0.1) is 0 Å². The van der Waals surface area contributed by atoms with E-state index in [1.54, 1.807) is 12.4 Å². The zero-order chi connectivity index (χ0) is 18.2. The highest BCUT2D eigenvalue weighted by Crippen LogP contribution is 2.32. The highest BCUT2D eigenvalue weighted by atomic mass is 16.2. The summed E-state index contributed by atoms with van der Waals surface area (Å²) < 4.78 is 0. The second-order valence-corrected chi connectivity index (χ2v) is 7.43. The molecule has 1 amide bonds. The van der Waals surface area contributed by atoms with Crippen molar-refractivity contribution < 1.29 is 4.79 Å². The molecule has 6 heteroatoms. The van der Waals surface area contributed by atoms with Crippen molar-refractivity contribution in [2.24, 2.45) is 5.92 Å². The summed E-state index contributed by atoms with van der Waals surface area (Å²) in [6, 6.07) is 10.2. The molecule has 5 rings (SSSR count). The third-order valence-corrected chi connectivity index (χ3v) is 5.87. The van der Waals surface area contributed by atoms with Gasteiger partial charge in [0.15, 0.2) is 0 Å². The van der Waals surface area contributed by atoms with Crippen LogP contribution in [0.25, 0.3) is 10.9 Å². The molecule has 3 aromatic rings. The fraction of sp³-hybridized carbons (Fsp3) is 0.381. The van der Waals surface area contributed by atoms with Gasteiger partial charge in [-0.15, -0.1) is 0 Å². The minimum absolute atomic E-state index is 0.0937. The maximum Gasteiger partial charge on any atom is 0.226 e. The monoisotopic (exact) mass is 361 g/mol. The van der Waals surface area contributed by atoms with Crippen LogP contribution in [0.5, 0.6) is 0 Å². The number of nitrogens with one attached hydrogen (secondary N) is 1. The summed E-state index contributed by atoms with van der Waals surface area (Å²) in [5.41, 5.74) is 3.84. The van der Waals surface area contributed by atoms with Crippen molar-refractivity contribution in [2.45, 2.75) is 19.3 Å². The summed E-state index contributed by atoms with van der Waals surface area (Å²) >= 11 is 0. The normalized spacial score (nSPS) is 19.9. The number of rotatable bonds is 2. The molecule has 2 aromatic heterocycles. The second kappa shape index (κ2) is 6.68. The van der Waals surface area contributed by atoms with Crippen molar-refractivity contribution in [3.8, 4) is 0 Å². The molecule has 1 atom stereocenters. The number of aromatic nitrogens is 3. The molecular formula is C21H23N5O. The number of carbonyl (C=O) groups is 1. The first-order valence-corrected chi connectivity index (χ1v) is 9.69. The van der Waals surface area contributed by atoms with Crippen LogP contribution in [0.15, 0.2) is 42.7 Å². The predicted octanol–water partition coefficient (Wildman–Crippen LogP) is 2.41. The molecule has 1 aliphatic heterocycles. The average molecular weight is 361 g/mol. The number of hydrogen-bond donors (Lipinski definition) is 1. The lowest BCUT2D eigenvalue weighted by molar-refractivity contribution is -0.136. The van der Waals surface area contributed by atoms with E-state index in [9.17, 15) is 4.79 Å². The molecule has 1 saturated heterocycles. The van der Waals surface area contributed by atoms with Gasteiger partial charge in [0.2, 0.25) is 11.9 Å². The Morgan fingerprint density at radius 1 is 1.04 bits per heavy atom. The van der Waals surface area contributed by atoms with Crippen LogP contribution in [0.2, 0.25) is 0 Å². The Kier molecular flexibility index (Phi) is 4.03. The van der Waals surface area contributed by atoms with Crippen molar-refractivity contribution in [3.05, 3.63) is 54.0 Å². The van der Waals surface area contributed by atoms with Gasteiger partial charge in [-0.2, -0.15) is 0 Å². The van der Waals surface area contributed by atoms with Crippen LogP contribution in [0, 0.1) is 5.92 Å². The molecule has 138 valence electrons. The summed E-state index contributed by atoms with van der Waals surface area (Å²) in [6.45, 7) is 3.07. The number of benzene rings is 1. The molecule has 0 radical (unpaired) electrons. The van der Waals surface area contributed by atoms with Crippen molar-refractivity contribution >= 4 is 22.8 Å². The maximum atomic E-state index is 13.1. The van der Waals surface area contributed by atoms with E-state index in [0.717, 1.165) is 51.4 Å². The molecule has 1 fully saturated rings. The number of para-hydroxylation sites is 1. The number of aryl methyl sites for hydroxylation is 1. The predicted molar refractivity (Wildman–Crippen MR) is 105 cm³/mol. The largest absolute Gasteiger partial charge is 0.358 e. The van der Waals surface area contributed by atoms with E-state index < -0.39 is 0 Å². The van der Waals surface area contributed by atoms with E-state index in [0.29, 0.717) is 5.91 Å². The lowest BCUT2D eigenvalue weighted by Gasteiger charge is -2.37. The molecular weight excluding hydrogens is 338 g/mol. The standard InChI is InChI=1S/C21H23N5O/c27-20(25-10-12-26(13-11-25)21-22-8-3-9-23-21)15-6-7-19-17(14-15)16-4-1-2-5-18(16)24-19/h1-5,8-9,15,24H,6-7,10-14H2. The number of hydrogen-bond acceptors (Lipinski definition) is 4. The van der Waals surface area contributed by atoms with E-state index in [4.69, 9.17) is 0 Å². The van der Waals surface area contributed by atoms with E-state index in [2.05, 4.69) is 44.1 Å². The number of nitrogens with zero attached hydrogens (tertiary/aromatic N) is 4. The zero-order valence-corrected chi connectivity index (χ0v) is 15.3. The van der Waals surface area contributed by atoms with Crippen molar-refractivity contribution in [1.29, 1.82) is 0 Å². The van der Waals surface area contributed by atoms with Crippen LogP contribution in [0.3, 0.4) is 0 Å². The lowest BCUT2D eigenvalue weighted by atomic mass is 9.85. The molecule has 27 heavy (non-hydrogen) atoms. The molecule has 6 nitrogen and oxygen atoms in total.